The molecule has 0 unspecified atom stereocenters. The molecular formula is C18H36ClP. The molecule has 0 saturated carbocycles. The Morgan fingerprint density at radius 3 is 1.45 bits per heavy atom. The number of unbranched alkanes of at least 4 members (excludes halogenated alkanes) is 3. The molecule has 0 atom stereocenters. The van der Waals surface area contributed by atoms with Crippen LogP contribution in [0.15, 0.2) is 17.1 Å². The quantitative estimate of drug-likeness (QED) is 0.263. The van der Waals surface area contributed by atoms with E-state index in [4.69, 9.17) is 11.6 Å². The zero-order valence-corrected chi connectivity index (χ0v) is 16.0. The van der Waals surface area contributed by atoms with Crippen LogP contribution >= 0.6 is 18.2 Å². The predicted molar refractivity (Wildman–Crippen MR) is 99.9 cm³/mol. The Labute approximate surface area is 133 Å². The third-order valence-electron chi connectivity index (χ3n) is 4.80. The van der Waals surface area contributed by atoms with Crippen LogP contribution in [0.1, 0.15) is 72.6 Å². The first kappa shape index (κ1) is 20.2. The summed E-state index contributed by atoms with van der Waals surface area (Å²) in [5.74, 6) is 0. The van der Waals surface area contributed by atoms with Gasteiger partial charge in [0.15, 0.2) is 0 Å². The third kappa shape index (κ3) is 4.91. The molecule has 0 aliphatic rings. The summed E-state index contributed by atoms with van der Waals surface area (Å²) in [7, 11) is 0. The molecule has 20 heavy (non-hydrogen) atoms. The molecule has 0 aliphatic heterocycles. The summed E-state index contributed by atoms with van der Waals surface area (Å²) in [6.07, 6.45) is 14.3. The van der Waals surface area contributed by atoms with Crippen LogP contribution in [0.25, 0.3) is 0 Å². The van der Waals surface area contributed by atoms with Crippen molar-refractivity contribution < 1.29 is 0 Å². The molecule has 0 rings (SSSR count). The van der Waals surface area contributed by atoms with Crippen LogP contribution in [0.5, 0.6) is 0 Å². The third-order valence-corrected chi connectivity index (χ3v) is 13.7. The Hall–Kier alpha value is 0.240. The Kier molecular flexibility index (Phi) is 10.2. The molecule has 120 valence electrons. The molecular weight excluding hydrogens is 283 g/mol. The van der Waals surface area contributed by atoms with Gasteiger partial charge in [0.05, 0.1) is 0 Å². The molecule has 0 heterocycles. The first-order valence-electron chi connectivity index (χ1n) is 8.61. The normalized spacial score (nSPS) is 13.6. The second-order valence-electron chi connectivity index (χ2n) is 6.40. The van der Waals surface area contributed by atoms with E-state index in [1.165, 1.54) is 69.6 Å². The summed E-state index contributed by atoms with van der Waals surface area (Å²) in [5, 5.41) is 0. The number of hydrogen-bond donors (Lipinski definition) is 0. The Morgan fingerprint density at radius 2 is 1.20 bits per heavy atom. The van der Waals surface area contributed by atoms with Gasteiger partial charge in [0.1, 0.15) is 0 Å². The van der Waals surface area contributed by atoms with Gasteiger partial charge in [0.25, 0.3) is 0 Å². The van der Waals surface area contributed by atoms with Crippen LogP contribution in [-0.2, 0) is 0 Å². The standard InChI is InChI=1S/C18H36ClP/c1-6-11-15-20(14-9-4,16-12-7-2,17-13-8-3)18(19)10-5/h5-9,11-17H2,1-4H3. The van der Waals surface area contributed by atoms with E-state index in [9.17, 15) is 0 Å². The van der Waals surface area contributed by atoms with Gasteiger partial charge < -0.3 is 0 Å². The minimum atomic E-state index is -1.99. The van der Waals surface area contributed by atoms with Gasteiger partial charge in [0, 0.05) is 0 Å². The molecule has 0 aromatic heterocycles. The van der Waals surface area contributed by atoms with Crippen LogP contribution in [0.2, 0.25) is 0 Å². The summed E-state index contributed by atoms with van der Waals surface area (Å²) >= 11 is 6.83. The molecule has 0 amide bonds. The van der Waals surface area contributed by atoms with Crippen molar-refractivity contribution in [1.29, 1.82) is 0 Å². The number of halogens is 1. The molecule has 0 spiro atoms. The molecule has 0 saturated heterocycles. The molecule has 0 aromatic carbocycles. The maximum absolute atomic E-state index is 6.83. The zero-order valence-electron chi connectivity index (χ0n) is 14.3. The van der Waals surface area contributed by atoms with Crippen molar-refractivity contribution >= 4 is 18.2 Å². The first-order valence-corrected chi connectivity index (χ1v) is 12.0. The molecule has 0 radical (unpaired) electrons. The summed E-state index contributed by atoms with van der Waals surface area (Å²) in [4.78, 5) is 0. The Bertz CT molecular complexity index is 291. The fourth-order valence-electron chi connectivity index (χ4n) is 3.59. The second kappa shape index (κ2) is 10.0. The summed E-state index contributed by atoms with van der Waals surface area (Å²) in [6, 6.07) is 0. The Morgan fingerprint density at radius 1 is 0.800 bits per heavy atom. The zero-order chi connectivity index (χ0) is 15.5. The van der Waals surface area contributed by atoms with Crippen molar-refractivity contribution in [3.05, 3.63) is 17.1 Å². The van der Waals surface area contributed by atoms with Crippen molar-refractivity contribution in [3.63, 3.8) is 0 Å². The maximum atomic E-state index is 6.83. The number of hydrogen-bond acceptors (Lipinski definition) is 0. The summed E-state index contributed by atoms with van der Waals surface area (Å²) < 4.78 is 1.05. The summed E-state index contributed by atoms with van der Waals surface area (Å²) in [5.41, 5.74) is 3.15. The van der Waals surface area contributed by atoms with Gasteiger partial charge >= 0.3 is 133 Å². The fourth-order valence-corrected chi connectivity index (χ4v) is 11.8. The fraction of sp³-hybridized carbons (Fsp3) is 0.833. The molecule has 0 nitrogen and oxygen atoms in total. The second-order valence-corrected chi connectivity index (χ2v) is 13.2. The van der Waals surface area contributed by atoms with E-state index >= 15 is 0 Å². The predicted octanol–water partition coefficient (Wildman–Crippen LogP) is 7.22. The van der Waals surface area contributed by atoms with Gasteiger partial charge in [-0.25, -0.2) is 0 Å². The van der Waals surface area contributed by atoms with Crippen molar-refractivity contribution in [2.45, 2.75) is 72.6 Å². The van der Waals surface area contributed by atoms with Crippen LogP contribution < -0.4 is 0 Å². The van der Waals surface area contributed by atoms with Gasteiger partial charge in [-0.3, -0.25) is 0 Å². The molecule has 0 aromatic rings. The monoisotopic (exact) mass is 318 g/mol. The molecule has 0 aliphatic carbocycles. The topological polar surface area (TPSA) is 0 Å². The van der Waals surface area contributed by atoms with E-state index in [0.717, 1.165) is 4.77 Å². The van der Waals surface area contributed by atoms with Crippen molar-refractivity contribution in [2.75, 3.05) is 24.6 Å². The van der Waals surface area contributed by atoms with E-state index in [0.29, 0.717) is 0 Å². The van der Waals surface area contributed by atoms with Crippen molar-refractivity contribution in [1.82, 2.24) is 0 Å². The molecule has 0 N–H and O–H groups in total. The van der Waals surface area contributed by atoms with Gasteiger partial charge in [-0.1, -0.05) is 0 Å². The van der Waals surface area contributed by atoms with E-state index < -0.39 is 6.60 Å². The van der Waals surface area contributed by atoms with Gasteiger partial charge in [-0.15, -0.1) is 0 Å². The number of rotatable bonds is 12. The molecule has 2 heteroatoms. The summed E-state index contributed by atoms with van der Waals surface area (Å²) in [6.45, 7) is 11.1. The molecule has 0 fully saturated rings. The van der Waals surface area contributed by atoms with Crippen LogP contribution in [0, 0.1) is 0 Å². The van der Waals surface area contributed by atoms with E-state index in [-0.39, 0.29) is 0 Å². The molecule has 0 bridgehead atoms. The van der Waals surface area contributed by atoms with Crippen molar-refractivity contribution in [3.8, 4) is 0 Å². The van der Waals surface area contributed by atoms with Gasteiger partial charge in [0.2, 0.25) is 0 Å². The van der Waals surface area contributed by atoms with Gasteiger partial charge in [-0.2, -0.15) is 0 Å². The average molecular weight is 319 g/mol. The average Bonchev–Trinajstić information content (AvgIpc) is 2.48. The van der Waals surface area contributed by atoms with E-state index in [1.807, 2.05) is 0 Å². The van der Waals surface area contributed by atoms with Crippen LogP contribution in [0.3, 0.4) is 0 Å². The first-order chi connectivity index (χ1) is 9.54. The van der Waals surface area contributed by atoms with Crippen molar-refractivity contribution in [2.24, 2.45) is 0 Å². The minimum absolute atomic E-state index is 1.05. The van der Waals surface area contributed by atoms with Crippen LogP contribution in [0.4, 0.5) is 0 Å². The SMILES string of the molecule is C=C=C(Cl)P(CCC)(CCCC)(CCCC)CCCC. The van der Waals surface area contributed by atoms with Crippen LogP contribution in [-0.4, -0.2) is 24.6 Å². The van der Waals surface area contributed by atoms with Gasteiger partial charge in [-0.05, 0) is 0 Å². The van der Waals surface area contributed by atoms with E-state index in [2.05, 4.69) is 40.0 Å². The Balaban J connectivity index is 5.70. The van der Waals surface area contributed by atoms with E-state index in [1.54, 1.807) is 0 Å².